The Bertz CT molecular complexity index is 1450. The zero-order valence-corrected chi connectivity index (χ0v) is 17.3. The van der Waals surface area contributed by atoms with E-state index in [1.165, 1.54) is 11.0 Å². The third-order valence-corrected chi connectivity index (χ3v) is 7.36. The Kier molecular flexibility index (Phi) is 3.86. The number of carbonyl (C=O) groups excluding carboxylic acids is 2. The lowest BCUT2D eigenvalue weighted by Crippen LogP contribution is -2.46. The average molecular weight is 430 g/mol. The molecule has 0 bridgehead atoms. The van der Waals surface area contributed by atoms with Gasteiger partial charge in [-0.3, -0.25) is 9.69 Å². The summed E-state index contributed by atoms with van der Waals surface area (Å²) < 4.78 is 5.42. The Balaban J connectivity index is 1.48. The van der Waals surface area contributed by atoms with Gasteiger partial charge < -0.3 is 9.73 Å². The Hall–Kier alpha value is -3.45. The fourth-order valence-electron chi connectivity index (χ4n) is 5.00. The number of imide groups is 1. The molecule has 2 aromatic carbocycles. The summed E-state index contributed by atoms with van der Waals surface area (Å²) in [5, 5.41) is 7.61. The maximum atomic E-state index is 13.6. The lowest BCUT2D eigenvalue weighted by molar-refractivity contribution is -0.132. The van der Waals surface area contributed by atoms with Crippen LogP contribution in [-0.2, 0) is 23.3 Å². The van der Waals surface area contributed by atoms with Crippen LogP contribution in [0.25, 0.3) is 21.7 Å². The summed E-state index contributed by atoms with van der Waals surface area (Å²) in [4.78, 5) is 41.2. The van der Waals surface area contributed by atoms with Crippen molar-refractivity contribution in [1.82, 2.24) is 10.2 Å². The molecular weight excluding hydrogens is 412 g/mol. The lowest BCUT2D eigenvalue weighted by Gasteiger charge is -2.31. The molecule has 2 aromatic heterocycles. The van der Waals surface area contributed by atoms with Crippen LogP contribution in [0.5, 0.6) is 0 Å². The molecule has 1 fully saturated rings. The van der Waals surface area contributed by atoms with E-state index in [4.69, 9.17) is 4.42 Å². The number of nitrogens with zero attached hydrogens (tertiary/aromatic N) is 1. The van der Waals surface area contributed by atoms with E-state index < -0.39 is 17.2 Å². The number of hydrogen-bond donors (Lipinski definition) is 1. The normalized spacial score (nSPS) is 20.6. The molecule has 1 spiro atoms. The quantitative estimate of drug-likeness (QED) is 0.292. The number of amides is 3. The van der Waals surface area contributed by atoms with Crippen molar-refractivity contribution in [1.29, 1.82) is 0 Å². The Morgan fingerprint density at radius 3 is 2.87 bits per heavy atom. The van der Waals surface area contributed by atoms with E-state index >= 15 is 0 Å². The van der Waals surface area contributed by atoms with Crippen LogP contribution in [0.2, 0.25) is 0 Å². The van der Waals surface area contributed by atoms with Crippen molar-refractivity contribution in [2.45, 2.75) is 31.3 Å². The average Bonchev–Trinajstić information content (AvgIpc) is 3.34. The minimum Gasteiger partial charge on any atom is -0.423 e. The molecule has 7 heteroatoms. The molecule has 3 amide bonds. The number of urea groups is 1. The molecule has 0 unspecified atom stereocenters. The SMILES string of the molecule is O=C1N[C@@]2(CCCc3sccc32)C(=O)N1Cc1cc(=O)oc2ccc3ccccc3c12. The van der Waals surface area contributed by atoms with E-state index in [9.17, 15) is 14.4 Å². The smallest absolute Gasteiger partial charge is 0.336 e. The van der Waals surface area contributed by atoms with E-state index in [1.54, 1.807) is 17.4 Å². The maximum absolute atomic E-state index is 13.6. The van der Waals surface area contributed by atoms with Crippen LogP contribution in [-0.4, -0.2) is 16.8 Å². The second-order valence-electron chi connectivity index (χ2n) is 8.09. The predicted molar refractivity (Wildman–Crippen MR) is 118 cm³/mol. The lowest BCUT2D eigenvalue weighted by atomic mass is 9.80. The fraction of sp³-hybridized carbons (Fsp3) is 0.208. The third-order valence-electron chi connectivity index (χ3n) is 6.38. The first-order valence-corrected chi connectivity index (χ1v) is 11.1. The molecule has 4 aromatic rings. The van der Waals surface area contributed by atoms with Crippen LogP contribution in [0.4, 0.5) is 4.79 Å². The van der Waals surface area contributed by atoms with Crippen LogP contribution in [0, 0.1) is 0 Å². The summed E-state index contributed by atoms with van der Waals surface area (Å²) in [6.45, 7) is 0.0159. The van der Waals surface area contributed by atoms with E-state index in [2.05, 4.69) is 5.32 Å². The molecule has 1 aliphatic carbocycles. The van der Waals surface area contributed by atoms with Gasteiger partial charge in [0.05, 0.1) is 6.54 Å². The van der Waals surface area contributed by atoms with Crippen molar-refractivity contribution < 1.29 is 14.0 Å². The predicted octanol–water partition coefficient (Wildman–Crippen LogP) is 4.29. The minimum absolute atomic E-state index is 0.0159. The number of aryl methyl sites for hydroxylation is 1. The molecule has 3 heterocycles. The number of carbonyl (C=O) groups is 2. The number of thiophene rings is 1. The van der Waals surface area contributed by atoms with Crippen molar-refractivity contribution in [3.63, 3.8) is 0 Å². The van der Waals surface area contributed by atoms with Crippen LogP contribution >= 0.6 is 11.3 Å². The molecule has 0 saturated carbocycles. The summed E-state index contributed by atoms with van der Waals surface area (Å²) in [5.41, 5.74) is 0.456. The largest absolute Gasteiger partial charge is 0.423 e. The van der Waals surface area contributed by atoms with Gasteiger partial charge in [-0.1, -0.05) is 30.3 Å². The summed E-state index contributed by atoms with van der Waals surface area (Å²) in [6.07, 6.45) is 2.35. The number of hydrogen-bond acceptors (Lipinski definition) is 5. The zero-order valence-electron chi connectivity index (χ0n) is 16.5. The Morgan fingerprint density at radius 1 is 1.10 bits per heavy atom. The van der Waals surface area contributed by atoms with E-state index in [-0.39, 0.29) is 12.5 Å². The minimum atomic E-state index is -0.998. The number of fused-ring (bicyclic) bond motifs is 5. The van der Waals surface area contributed by atoms with Gasteiger partial charge in [0.15, 0.2) is 0 Å². The van der Waals surface area contributed by atoms with Gasteiger partial charge in [-0.05, 0) is 53.1 Å². The van der Waals surface area contributed by atoms with E-state index in [0.29, 0.717) is 17.6 Å². The van der Waals surface area contributed by atoms with Gasteiger partial charge in [-0.2, -0.15) is 0 Å². The van der Waals surface area contributed by atoms with E-state index in [0.717, 1.165) is 39.4 Å². The highest BCUT2D eigenvalue weighted by Gasteiger charge is 2.54. The van der Waals surface area contributed by atoms with E-state index in [1.807, 2.05) is 41.8 Å². The second-order valence-corrected chi connectivity index (χ2v) is 9.09. The molecule has 1 aliphatic heterocycles. The first-order valence-electron chi connectivity index (χ1n) is 10.2. The highest BCUT2D eigenvalue weighted by molar-refractivity contribution is 7.10. The summed E-state index contributed by atoms with van der Waals surface area (Å²) in [6, 6.07) is 14.3. The Morgan fingerprint density at radius 2 is 1.97 bits per heavy atom. The van der Waals surface area contributed by atoms with Crippen molar-refractivity contribution in [3.05, 3.63) is 80.3 Å². The fourth-order valence-corrected chi connectivity index (χ4v) is 6.00. The van der Waals surface area contributed by atoms with Crippen molar-refractivity contribution >= 4 is 45.0 Å². The molecule has 1 saturated heterocycles. The van der Waals surface area contributed by atoms with Gasteiger partial charge in [0.25, 0.3) is 5.91 Å². The molecule has 1 N–H and O–H groups in total. The third kappa shape index (κ3) is 2.59. The molecule has 6 nitrogen and oxygen atoms in total. The van der Waals surface area contributed by atoms with Gasteiger partial charge in [0, 0.05) is 21.9 Å². The standard InChI is InChI=1S/C24H18N2O4S/c27-20-12-15(21-16-5-2-1-4-14(16)7-8-18(21)30-20)13-26-22(28)24(25-23(26)29)10-3-6-19-17(24)9-11-31-19/h1-2,4-5,7-9,11-12H,3,6,10,13H2,(H,25,29)/t24-/m1/s1. The van der Waals surface area contributed by atoms with Crippen molar-refractivity contribution in [2.24, 2.45) is 0 Å². The zero-order chi connectivity index (χ0) is 21.2. The summed E-state index contributed by atoms with van der Waals surface area (Å²) >= 11 is 1.62. The summed E-state index contributed by atoms with van der Waals surface area (Å²) in [7, 11) is 0. The maximum Gasteiger partial charge on any atom is 0.336 e. The number of nitrogens with one attached hydrogen (secondary N) is 1. The van der Waals surface area contributed by atoms with Gasteiger partial charge in [0.2, 0.25) is 0 Å². The molecule has 154 valence electrons. The second kappa shape index (κ2) is 6.52. The first-order chi connectivity index (χ1) is 15.1. The topological polar surface area (TPSA) is 79.6 Å². The molecule has 1 atom stereocenters. The number of benzene rings is 2. The van der Waals surface area contributed by atoms with Crippen LogP contribution < -0.4 is 10.9 Å². The molecule has 31 heavy (non-hydrogen) atoms. The Labute approximate surface area is 181 Å². The number of rotatable bonds is 2. The highest BCUT2D eigenvalue weighted by Crippen LogP contribution is 2.42. The van der Waals surface area contributed by atoms with Crippen LogP contribution in [0.15, 0.2) is 63.1 Å². The van der Waals surface area contributed by atoms with Gasteiger partial charge in [-0.25, -0.2) is 9.59 Å². The van der Waals surface area contributed by atoms with Crippen LogP contribution in [0.1, 0.15) is 28.8 Å². The molecular formula is C24H18N2O4S. The monoisotopic (exact) mass is 430 g/mol. The summed E-state index contributed by atoms with van der Waals surface area (Å²) in [5.74, 6) is -0.251. The highest BCUT2D eigenvalue weighted by atomic mass is 32.1. The molecule has 2 aliphatic rings. The van der Waals surface area contributed by atoms with Crippen molar-refractivity contribution in [2.75, 3.05) is 0 Å². The molecule has 0 radical (unpaired) electrons. The van der Waals surface area contributed by atoms with Gasteiger partial charge in [-0.15, -0.1) is 11.3 Å². The first kappa shape index (κ1) is 18.3. The molecule has 6 rings (SSSR count). The van der Waals surface area contributed by atoms with Gasteiger partial charge in [0.1, 0.15) is 11.1 Å². The van der Waals surface area contributed by atoms with Crippen molar-refractivity contribution in [3.8, 4) is 0 Å². The van der Waals surface area contributed by atoms with Gasteiger partial charge >= 0.3 is 11.7 Å². The van der Waals surface area contributed by atoms with Crippen LogP contribution in [0.3, 0.4) is 0 Å².